The van der Waals surface area contributed by atoms with Gasteiger partial charge in [0.1, 0.15) is 5.69 Å². The number of amides is 1. The van der Waals surface area contributed by atoms with E-state index in [1.165, 1.54) is 0 Å². The minimum Gasteiger partial charge on any atom is -0.348 e. The van der Waals surface area contributed by atoms with Gasteiger partial charge in [0.25, 0.3) is 5.91 Å². The van der Waals surface area contributed by atoms with Gasteiger partial charge >= 0.3 is 0 Å². The van der Waals surface area contributed by atoms with Crippen LogP contribution in [0.2, 0.25) is 0 Å². The Bertz CT molecular complexity index is 395. The van der Waals surface area contributed by atoms with Gasteiger partial charge in [0.05, 0.1) is 6.33 Å². The quantitative estimate of drug-likeness (QED) is 0.761. The van der Waals surface area contributed by atoms with Crippen LogP contribution in [0.15, 0.2) is 12.5 Å². The number of rotatable bonds is 4. The predicted octanol–water partition coefficient (Wildman–Crippen LogP) is -0.427. The van der Waals surface area contributed by atoms with Gasteiger partial charge in [-0.05, 0) is 12.8 Å². The van der Waals surface area contributed by atoms with Crippen LogP contribution in [-0.2, 0) is 7.05 Å². The van der Waals surface area contributed by atoms with E-state index < -0.39 is 0 Å². The number of hydrogen-bond donors (Lipinski definition) is 2. The van der Waals surface area contributed by atoms with E-state index >= 15 is 0 Å². The van der Waals surface area contributed by atoms with E-state index in [0.29, 0.717) is 12.2 Å². The first-order valence-electron chi connectivity index (χ1n) is 6.40. The number of imidazole rings is 1. The van der Waals surface area contributed by atoms with E-state index in [2.05, 4.69) is 15.2 Å². The number of nitrogens with zero attached hydrogens (tertiary/aromatic N) is 3. The largest absolute Gasteiger partial charge is 0.348 e. The van der Waals surface area contributed by atoms with Crippen molar-refractivity contribution in [2.75, 3.05) is 26.2 Å². The summed E-state index contributed by atoms with van der Waals surface area (Å²) in [6.07, 6.45) is 5.34. The van der Waals surface area contributed by atoms with Crippen molar-refractivity contribution in [1.82, 2.24) is 19.8 Å². The van der Waals surface area contributed by atoms with E-state index in [1.807, 2.05) is 7.05 Å². The summed E-state index contributed by atoms with van der Waals surface area (Å²) in [5.41, 5.74) is 6.02. The highest BCUT2D eigenvalue weighted by Crippen LogP contribution is 2.10. The molecule has 6 nitrogen and oxygen atoms in total. The Hall–Kier alpha value is -1.40. The molecule has 1 saturated heterocycles. The first-order chi connectivity index (χ1) is 8.69. The molecule has 0 spiro atoms. The summed E-state index contributed by atoms with van der Waals surface area (Å²) in [5.74, 6) is -0.0760. The van der Waals surface area contributed by atoms with E-state index in [9.17, 15) is 4.79 Å². The average molecular weight is 251 g/mol. The van der Waals surface area contributed by atoms with Gasteiger partial charge in [0.2, 0.25) is 0 Å². The van der Waals surface area contributed by atoms with Crippen LogP contribution in [0.4, 0.5) is 0 Å². The van der Waals surface area contributed by atoms with Crippen molar-refractivity contribution >= 4 is 5.91 Å². The number of hydrogen-bond acceptors (Lipinski definition) is 4. The molecule has 1 fully saturated rings. The van der Waals surface area contributed by atoms with E-state index in [-0.39, 0.29) is 11.9 Å². The maximum atomic E-state index is 11.9. The van der Waals surface area contributed by atoms with E-state index in [1.54, 1.807) is 17.1 Å². The van der Waals surface area contributed by atoms with Crippen molar-refractivity contribution in [3.63, 3.8) is 0 Å². The highest BCUT2D eigenvalue weighted by atomic mass is 16.2. The van der Waals surface area contributed by atoms with Gasteiger partial charge in [0, 0.05) is 45.5 Å². The smallest absolute Gasteiger partial charge is 0.271 e. The molecule has 1 aromatic heterocycles. The van der Waals surface area contributed by atoms with Gasteiger partial charge in [-0.2, -0.15) is 0 Å². The standard InChI is InChI=1S/C12H21N5O/c1-16-8-11(14-9-16)12(18)15-10-2-5-17(6-3-10)7-4-13/h8-10H,2-7,13H2,1H3,(H,15,18). The molecule has 18 heavy (non-hydrogen) atoms. The number of aromatic nitrogens is 2. The molecule has 0 saturated carbocycles. The van der Waals surface area contributed by atoms with Gasteiger partial charge in [-0.1, -0.05) is 0 Å². The van der Waals surface area contributed by atoms with Crippen LogP contribution in [-0.4, -0.2) is 52.6 Å². The van der Waals surface area contributed by atoms with Gasteiger partial charge < -0.3 is 20.5 Å². The minimum absolute atomic E-state index is 0.0760. The Balaban J connectivity index is 1.79. The highest BCUT2D eigenvalue weighted by Gasteiger charge is 2.21. The van der Waals surface area contributed by atoms with Crippen LogP contribution in [0.1, 0.15) is 23.3 Å². The molecule has 1 aromatic rings. The SMILES string of the molecule is Cn1cnc(C(=O)NC2CCN(CCN)CC2)c1. The van der Waals surface area contributed by atoms with Crippen molar-refractivity contribution in [3.8, 4) is 0 Å². The van der Waals surface area contributed by atoms with Crippen LogP contribution < -0.4 is 11.1 Å². The molecular formula is C12H21N5O. The molecule has 1 amide bonds. The fourth-order valence-corrected chi connectivity index (χ4v) is 2.27. The Labute approximate surface area is 107 Å². The van der Waals surface area contributed by atoms with Crippen molar-refractivity contribution < 1.29 is 4.79 Å². The Morgan fingerprint density at radius 2 is 2.28 bits per heavy atom. The van der Waals surface area contributed by atoms with E-state index in [4.69, 9.17) is 5.73 Å². The number of piperidine rings is 1. The summed E-state index contributed by atoms with van der Waals surface area (Å²) < 4.78 is 1.78. The molecule has 0 aliphatic carbocycles. The molecule has 0 radical (unpaired) electrons. The zero-order valence-electron chi connectivity index (χ0n) is 10.8. The van der Waals surface area contributed by atoms with Gasteiger partial charge in [-0.25, -0.2) is 4.98 Å². The van der Waals surface area contributed by atoms with E-state index in [0.717, 1.165) is 32.5 Å². The predicted molar refractivity (Wildman–Crippen MR) is 69.2 cm³/mol. The first-order valence-corrected chi connectivity index (χ1v) is 6.40. The van der Waals surface area contributed by atoms with Crippen molar-refractivity contribution in [1.29, 1.82) is 0 Å². The normalized spacial score (nSPS) is 17.9. The lowest BCUT2D eigenvalue weighted by Crippen LogP contribution is -2.45. The molecule has 0 atom stereocenters. The number of nitrogens with one attached hydrogen (secondary N) is 1. The zero-order chi connectivity index (χ0) is 13.0. The van der Waals surface area contributed by atoms with Crippen LogP contribution >= 0.6 is 0 Å². The second kappa shape index (κ2) is 5.97. The van der Waals surface area contributed by atoms with Gasteiger partial charge in [0.15, 0.2) is 0 Å². The summed E-state index contributed by atoms with van der Waals surface area (Å²) in [7, 11) is 1.86. The van der Waals surface area contributed by atoms with Crippen molar-refractivity contribution in [2.45, 2.75) is 18.9 Å². The second-order valence-corrected chi connectivity index (χ2v) is 4.80. The maximum absolute atomic E-state index is 11.9. The number of nitrogens with two attached hydrogens (primary N) is 1. The number of aryl methyl sites for hydroxylation is 1. The molecule has 0 unspecified atom stereocenters. The third kappa shape index (κ3) is 3.30. The molecule has 2 rings (SSSR count). The van der Waals surface area contributed by atoms with Crippen molar-refractivity contribution in [3.05, 3.63) is 18.2 Å². The lowest BCUT2D eigenvalue weighted by atomic mass is 10.0. The zero-order valence-corrected chi connectivity index (χ0v) is 10.8. The fourth-order valence-electron chi connectivity index (χ4n) is 2.27. The topological polar surface area (TPSA) is 76.2 Å². The lowest BCUT2D eigenvalue weighted by Gasteiger charge is -2.31. The summed E-state index contributed by atoms with van der Waals surface area (Å²) in [5, 5.41) is 3.04. The third-order valence-corrected chi connectivity index (χ3v) is 3.31. The Morgan fingerprint density at radius 3 is 2.83 bits per heavy atom. The van der Waals surface area contributed by atoms with Crippen LogP contribution in [0.5, 0.6) is 0 Å². The first kappa shape index (κ1) is 13.0. The molecular weight excluding hydrogens is 230 g/mol. The van der Waals surface area contributed by atoms with Crippen LogP contribution in [0.3, 0.4) is 0 Å². The average Bonchev–Trinajstić information content (AvgIpc) is 2.79. The number of carbonyl (C=O) groups is 1. The molecule has 0 bridgehead atoms. The Morgan fingerprint density at radius 1 is 1.56 bits per heavy atom. The molecule has 1 aliphatic rings. The number of likely N-dealkylation sites (tertiary alicyclic amines) is 1. The number of carbonyl (C=O) groups excluding carboxylic acids is 1. The second-order valence-electron chi connectivity index (χ2n) is 4.80. The van der Waals surface area contributed by atoms with Gasteiger partial charge in [-0.3, -0.25) is 4.79 Å². The molecule has 100 valence electrons. The van der Waals surface area contributed by atoms with Crippen LogP contribution in [0, 0.1) is 0 Å². The molecule has 1 aliphatic heterocycles. The van der Waals surface area contributed by atoms with Crippen molar-refractivity contribution in [2.24, 2.45) is 12.8 Å². The van der Waals surface area contributed by atoms with Gasteiger partial charge in [-0.15, -0.1) is 0 Å². The Kier molecular flexibility index (Phi) is 4.33. The molecule has 0 aromatic carbocycles. The third-order valence-electron chi connectivity index (χ3n) is 3.31. The molecule has 2 heterocycles. The lowest BCUT2D eigenvalue weighted by molar-refractivity contribution is 0.0907. The fraction of sp³-hybridized carbons (Fsp3) is 0.667. The maximum Gasteiger partial charge on any atom is 0.271 e. The minimum atomic E-state index is -0.0760. The highest BCUT2D eigenvalue weighted by molar-refractivity contribution is 5.92. The summed E-state index contributed by atoms with van der Waals surface area (Å²) >= 11 is 0. The summed E-state index contributed by atoms with van der Waals surface area (Å²) in [6.45, 7) is 3.65. The molecule has 6 heteroatoms. The molecule has 3 N–H and O–H groups in total. The van der Waals surface area contributed by atoms with Crippen LogP contribution in [0.25, 0.3) is 0 Å². The monoisotopic (exact) mass is 251 g/mol. The summed E-state index contributed by atoms with van der Waals surface area (Å²) in [6, 6.07) is 0.258. The summed E-state index contributed by atoms with van der Waals surface area (Å²) in [4.78, 5) is 18.3.